The summed E-state index contributed by atoms with van der Waals surface area (Å²) in [6.45, 7) is 6.39. The lowest BCUT2D eigenvalue weighted by Crippen LogP contribution is -2.30. The molecule has 1 atom stereocenters. The van der Waals surface area contributed by atoms with E-state index in [0.29, 0.717) is 19.3 Å². The molecule has 0 aromatic heterocycles. The van der Waals surface area contributed by atoms with Crippen molar-refractivity contribution in [2.45, 2.75) is 213 Å². The Morgan fingerprint density at radius 1 is 0.362 bits per heavy atom. The molecule has 0 aliphatic heterocycles. The van der Waals surface area contributed by atoms with Crippen molar-refractivity contribution in [3.8, 4) is 0 Å². The van der Waals surface area contributed by atoms with Gasteiger partial charge in [0.25, 0.3) is 0 Å². The quantitative estimate of drug-likeness (QED) is 0.0265. The maximum atomic E-state index is 12.7. The first-order valence-electron chi connectivity index (χ1n) is 23.6. The minimum Gasteiger partial charge on any atom is -0.462 e. The molecule has 330 valence electrons. The Hall–Kier alpha value is -3.41. The molecule has 0 saturated carbocycles. The molecule has 0 rings (SSSR count). The summed E-state index contributed by atoms with van der Waals surface area (Å²) in [7, 11) is 0. The first-order valence-corrected chi connectivity index (χ1v) is 23.6. The van der Waals surface area contributed by atoms with Gasteiger partial charge >= 0.3 is 17.9 Å². The second-order valence-corrected chi connectivity index (χ2v) is 15.3. The minimum atomic E-state index is -0.807. The Morgan fingerprint density at radius 3 is 1.16 bits per heavy atom. The smallest absolute Gasteiger partial charge is 0.306 e. The number of carbonyl (C=O) groups is 3. The fraction of sp³-hybridized carbons (Fsp3) is 0.673. The van der Waals surface area contributed by atoms with Gasteiger partial charge in [0.15, 0.2) is 6.10 Å². The summed E-state index contributed by atoms with van der Waals surface area (Å²) < 4.78 is 16.6. The third kappa shape index (κ3) is 43.7. The maximum Gasteiger partial charge on any atom is 0.306 e. The van der Waals surface area contributed by atoms with Gasteiger partial charge in [0, 0.05) is 19.3 Å². The third-order valence-corrected chi connectivity index (χ3v) is 9.63. The molecule has 0 bridgehead atoms. The molecule has 0 N–H and O–H groups in total. The normalized spacial score (nSPS) is 12.8. The van der Waals surface area contributed by atoms with Crippen LogP contribution in [0.15, 0.2) is 85.1 Å². The molecule has 0 aliphatic carbocycles. The zero-order chi connectivity index (χ0) is 42.3. The average molecular weight is 807 g/mol. The van der Waals surface area contributed by atoms with Crippen LogP contribution in [-0.2, 0) is 28.6 Å². The van der Waals surface area contributed by atoms with Crippen LogP contribution in [0.1, 0.15) is 207 Å². The molecule has 0 radical (unpaired) electrons. The molecule has 0 heterocycles. The highest BCUT2D eigenvalue weighted by atomic mass is 16.6. The SMILES string of the molecule is CC/C=C\C/C=C\C/C=C\CCCCCCC(=O)OC(COC(=O)CCC/C=C\C/C=C\C/C=C\C/C=C\CCCCC)COC(=O)CCCCCCCCCCC. The molecule has 6 nitrogen and oxygen atoms in total. The van der Waals surface area contributed by atoms with Crippen LogP contribution in [0.2, 0.25) is 0 Å². The summed E-state index contributed by atoms with van der Waals surface area (Å²) in [5.74, 6) is -0.993. The van der Waals surface area contributed by atoms with E-state index in [9.17, 15) is 14.4 Å². The van der Waals surface area contributed by atoms with Crippen molar-refractivity contribution in [1.82, 2.24) is 0 Å². The highest BCUT2D eigenvalue weighted by Gasteiger charge is 2.19. The van der Waals surface area contributed by atoms with Crippen LogP contribution in [0.25, 0.3) is 0 Å². The van der Waals surface area contributed by atoms with E-state index in [1.54, 1.807) is 0 Å². The maximum absolute atomic E-state index is 12.7. The molecule has 0 amide bonds. The molecule has 0 spiro atoms. The Morgan fingerprint density at radius 2 is 0.690 bits per heavy atom. The van der Waals surface area contributed by atoms with Crippen molar-refractivity contribution in [2.75, 3.05) is 13.2 Å². The van der Waals surface area contributed by atoms with Crippen molar-refractivity contribution in [2.24, 2.45) is 0 Å². The molecule has 0 aromatic carbocycles. The predicted molar refractivity (Wildman–Crippen MR) is 247 cm³/mol. The number of hydrogen-bond donors (Lipinski definition) is 0. The largest absolute Gasteiger partial charge is 0.462 e. The van der Waals surface area contributed by atoms with Crippen LogP contribution in [0.3, 0.4) is 0 Å². The lowest BCUT2D eigenvalue weighted by atomic mass is 10.1. The summed E-state index contributed by atoms with van der Waals surface area (Å²) in [4.78, 5) is 37.7. The Balaban J connectivity index is 4.49. The number of ether oxygens (including phenoxy) is 3. The van der Waals surface area contributed by atoms with Crippen LogP contribution >= 0.6 is 0 Å². The van der Waals surface area contributed by atoms with Gasteiger partial charge in [-0.3, -0.25) is 14.4 Å². The lowest BCUT2D eigenvalue weighted by molar-refractivity contribution is -0.167. The van der Waals surface area contributed by atoms with Crippen molar-refractivity contribution in [1.29, 1.82) is 0 Å². The zero-order valence-electron chi connectivity index (χ0n) is 37.5. The molecular weight excluding hydrogens is 721 g/mol. The topological polar surface area (TPSA) is 78.9 Å². The van der Waals surface area contributed by atoms with Gasteiger partial charge in [-0.15, -0.1) is 0 Å². The molecule has 1 unspecified atom stereocenters. The van der Waals surface area contributed by atoms with Crippen molar-refractivity contribution < 1.29 is 28.6 Å². The number of rotatable bonds is 41. The van der Waals surface area contributed by atoms with E-state index < -0.39 is 6.10 Å². The van der Waals surface area contributed by atoms with Gasteiger partial charge in [-0.25, -0.2) is 0 Å². The summed E-state index contributed by atoms with van der Waals surface area (Å²) in [6, 6.07) is 0. The van der Waals surface area contributed by atoms with Crippen molar-refractivity contribution in [3.05, 3.63) is 85.1 Å². The van der Waals surface area contributed by atoms with Gasteiger partial charge in [0.2, 0.25) is 0 Å². The van der Waals surface area contributed by atoms with E-state index in [-0.39, 0.29) is 37.5 Å². The fourth-order valence-electron chi connectivity index (χ4n) is 6.09. The molecule has 0 aliphatic rings. The van der Waals surface area contributed by atoms with Crippen LogP contribution in [0.4, 0.5) is 0 Å². The highest BCUT2D eigenvalue weighted by Crippen LogP contribution is 2.13. The fourth-order valence-corrected chi connectivity index (χ4v) is 6.09. The number of hydrogen-bond acceptors (Lipinski definition) is 6. The number of carbonyl (C=O) groups excluding carboxylic acids is 3. The number of allylic oxidation sites excluding steroid dienone is 14. The zero-order valence-corrected chi connectivity index (χ0v) is 37.5. The van der Waals surface area contributed by atoms with Gasteiger partial charge < -0.3 is 14.2 Å². The van der Waals surface area contributed by atoms with Crippen molar-refractivity contribution in [3.63, 3.8) is 0 Å². The lowest BCUT2D eigenvalue weighted by Gasteiger charge is -2.18. The molecular formula is C52H86O6. The molecule has 58 heavy (non-hydrogen) atoms. The van der Waals surface area contributed by atoms with Gasteiger partial charge in [0.05, 0.1) is 0 Å². The van der Waals surface area contributed by atoms with Crippen LogP contribution in [0.5, 0.6) is 0 Å². The van der Waals surface area contributed by atoms with Gasteiger partial charge in [0.1, 0.15) is 13.2 Å². The summed E-state index contributed by atoms with van der Waals surface area (Å²) in [5.41, 5.74) is 0. The molecule has 0 aromatic rings. The third-order valence-electron chi connectivity index (χ3n) is 9.63. The van der Waals surface area contributed by atoms with E-state index in [0.717, 1.165) is 96.3 Å². The Kier molecular flexibility index (Phi) is 43.6. The van der Waals surface area contributed by atoms with E-state index in [4.69, 9.17) is 14.2 Å². The molecule has 0 saturated heterocycles. The molecule has 0 fully saturated rings. The molecule has 6 heteroatoms. The Bertz CT molecular complexity index is 1160. The van der Waals surface area contributed by atoms with Crippen LogP contribution in [-0.4, -0.2) is 37.2 Å². The number of unbranched alkanes of at least 4 members (excludes halogenated alkanes) is 16. The van der Waals surface area contributed by atoms with Gasteiger partial charge in [-0.05, 0) is 89.9 Å². The Labute approximate surface area is 356 Å². The van der Waals surface area contributed by atoms with Gasteiger partial charge in [-0.2, -0.15) is 0 Å². The summed E-state index contributed by atoms with van der Waals surface area (Å²) in [6.07, 6.45) is 58.6. The van der Waals surface area contributed by atoms with E-state index in [1.807, 2.05) is 0 Å². The monoisotopic (exact) mass is 807 g/mol. The van der Waals surface area contributed by atoms with Gasteiger partial charge in [-0.1, -0.05) is 183 Å². The standard InChI is InChI=1S/C52H86O6/c1-4-7-10-13-16-19-21-23-25-26-27-29-30-33-36-39-42-45-51(54)57-48-49(47-56-50(53)44-41-38-35-32-18-15-12-9-6-3)58-52(55)46-43-40-37-34-31-28-24-22-20-17-14-11-8-5-2/h8,11,16-17,19-20,23-25,27-29,33,36,49H,4-7,9-10,12-15,18,21-22,26,30-32,34-35,37-48H2,1-3H3/b11-8-,19-16-,20-17-,25-23-,28-24-,29-27-,36-33-. The number of esters is 3. The highest BCUT2D eigenvalue weighted by molar-refractivity contribution is 5.71. The van der Waals surface area contributed by atoms with Crippen LogP contribution < -0.4 is 0 Å². The summed E-state index contributed by atoms with van der Waals surface area (Å²) >= 11 is 0. The second kappa shape index (κ2) is 46.3. The summed E-state index contributed by atoms with van der Waals surface area (Å²) in [5, 5.41) is 0. The van der Waals surface area contributed by atoms with Crippen molar-refractivity contribution >= 4 is 17.9 Å². The van der Waals surface area contributed by atoms with Crippen LogP contribution in [0, 0.1) is 0 Å². The first-order chi connectivity index (χ1) is 28.5. The predicted octanol–water partition coefficient (Wildman–Crippen LogP) is 15.3. The van der Waals surface area contributed by atoms with E-state index in [2.05, 4.69) is 106 Å². The minimum absolute atomic E-state index is 0.103. The van der Waals surface area contributed by atoms with E-state index >= 15 is 0 Å². The first kappa shape index (κ1) is 54.6. The van der Waals surface area contributed by atoms with E-state index in [1.165, 1.54) is 64.2 Å². The second-order valence-electron chi connectivity index (χ2n) is 15.3. The average Bonchev–Trinajstić information content (AvgIpc) is 3.22.